The molecule has 7 heteroatoms. The van der Waals surface area contributed by atoms with Crippen LogP contribution in [-0.2, 0) is 11.8 Å². The maximum absolute atomic E-state index is 12.0. The van der Waals surface area contributed by atoms with Crippen molar-refractivity contribution in [3.63, 3.8) is 0 Å². The number of carbonyl (C=O) groups is 2. The Hall–Kier alpha value is -1.70. The van der Waals surface area contributed by atoms with Gasteiger partial charge in [-0.1, -0.05) is 0 Å². The summed E-state index contributed by atoms with van der Waals surface area (Å²) in [6, 6.07) is 3.60. The van der Waals surface area contributed by atoms with Gasteiger partial charge in [-0.2, -0.15) is 0 Å². The third-order valence-corrected chi connectivity index (χ3v) is 3.86. The van der Waals surface area contributed by atoms with E-state index in [1.807, 2.05) is 11.9 Å². The predicted molar refractivity (Wildman–Crippen MR) is 79.8 cm³/mol. The molecular formula is C14H23N5O2. The lowest BCUT2D eigenvalue weighted by molar-refractivity contribution is -0.122. The fraction of sp³-hybridized carbons (Fsp3) is 0.571. The van der Waals surface area contributed by atoms with Gasteiger partial charge in [0.25, 0.3) is 5.91 Å². The molecule has 0 bridgehead atoms. The highest BCUT2D eigenvalue weighted by Gasteiger charge is 2.26. The van der Waals surface area contributed by atoms with Gasteiger partial charge in [0.1, 0.15) is 5.69 Å². The second-order valence-corrected chi connectivity index (χ2v) is 5.50. The third kappa shape index (κ3) is 3.90. The zero-order chi connectivity index (χ0) is 15.4. The zero-order valence-electron chi connectivity index (χ0n) is 12.6. The Morgan fingerprint density at radius 3 is 2.76 bits per heavy atom. The van der Waals surface area contributed by atoms with Gasteiger partial charge in [-0.15, -0.1) is 0 Å². The van der Waals surface area contributed by atoms with Crippen LogP contribution in [0.2, 0.25) is 0 Å². The lowest BCUT2D eigenvalue weighted by Gasteiger charge is -2.38. The zero-order valence-corrected chi connectivity index (χ0v) is 12.6. The average Bonchev–Trinajstić information content (AvgIpc) is 2.87. The van der Waals surface area contributed by atoms with Crippen molar-refractivity contribution in [3.8, 4) is 0 Å². The number of likely N-dealkylation sites (N-methyl/N-ethyl adjacent to an activating group) is 1. The number of nitrogens with one attached hydrogen (secondary N) is 1. The van der Waals surface area contributed by atoms with Gasteiger partial charge in [0, 0.05) is 45.5 Å². The summed E-state index contributed by atoms with van der Waals surface area (Å²) in [6.07, 6.45) is 1.77. The van der Waals surface area contributed by atoms with Crippen LogP contribution in [-0.4, -0.2) is 72.0 Å². The Labute approximate surface area is 124 Å². The molecule has 1 fully saturated rings. The predicted octanol–water partition coefficient (Wildman–Crippen LogP) is -1.14. The van der Waals surface area contributed by atoms with Gasteiger partial charge in [-0.05, 0) is 19.2 Å². The number of hydrogen-bond acceptors (Lipinski definition) is 5. The maximum atomic E-state index is 12.0. The second-order valence-electron chi connectivity index (χ2n) is 5.50. The summed E-state index contributed by atoms with van der Waals surface area (Å²) in [7, 11) is 3.81. The van der Waals surface area contributed by atoms with E-state index in [2.05, 4.69) is 10.2 Å². The molecule has 0 saturated carbocycles. The summed E-state index contributed by atoms with van der Waals surface area (Å²) in [6.45, 7) is 3.23. The number of rotatable bonds is 4. The summed E-state index contributed by atoms with van der Waals surface area (Å²) in [5.74, 6) is -0.657. The molecule has 1 unspecified atom stereocenters. The second kappa shape index (κ2) is 6.84. The Balaban J connectivity index is 1.89. The van der Waals surface area contributed by atoms with E-state index < -0.39 is 0 Å². The molecule has 3 N–H and O–H groups in total. The molecule has 7 nitrogen and oxygen atoms in total. The van der Waals surface area contributed by atoms with E-state index in [1.54, 1.807) is 29.9 Å². The number of hydrogen-bond donors (Lipinski definition) is 2. The molecule has 1 aromatic rings. The first-order valence-corrected chi connectivity index (χ1v) is 7.09. The van der Waals surface area contributed by atoms with Crippen molar-refractivity contribution in [3.05, 3.63) is 24.0 Å². The van der Waals surface area contributed by atoms with Gasteiger partial charge < -0.3 is 15.2 Å². The first kappa shape index (κ1) is 15.7. The van der Waals surface area contributed by atoms with Gasteiger partial charge in [-0.3, -0.25) is 19.8 Å². The van der Waals surface area contributed by atoms with Gasteiger partial charge in [0.05, 0.1) is 6.54 Å². The third-order valence-electron chi connectivity index (χ3n) is 3.86. The van der Waals surface area contributed by atoms with Crippen LogP contribution in [0, 0.1) is 0 Å². The Kier molecular flexibility index (Phi) is 5.11. The SMILES string of the molecule is CN1CCN(CC(=O)NC(=O)c2cccn2C)C(CN)C1. The number of aromatic nitrogens is 1. The normalized spacial score (nSPS) is 20.4. The van der Waals surface area contributed by atoms with Gasteiger partial charge >= 0.3 is 0 Å². The van der Waals surface area contributed by atoms with Crippen molar-refractivity contribution >= 4 is 11.8 Å². The average molecular weight is 293 g/mol. The fourth-order valence-corrected chi connectivity index (χ4v) is 2.59. The summed E-state index contributed by atoms with van der Waals surface area (Å²) >= 11 is 0. The highest BCUT2D eigenvalue weighted by molar-refractivity contribution is 6.04. The minimum Gasteiger partial charge on any atom is -0.347 e. The molecule has 1 aliphatic rings. The molecule has 1 atom stereocenters. The Morgan fingerprint density at radius 1 is 1.38 bits per heavy atom. The number of imide groups is 1. The van der Waals surface area contributed by atoms with Crippen molar-refractivity contribution < 1.29 is 9.59 Å². The highest BCUT2D eigenvalue weighted by Crippen LogP contribution is 2.07. The molecular weight excluding hydrogens is 270 g/mol. The number of nitrogens with zero attached hydrogens (tertiary/aromatic N) is 3. The molecule has 0 spiro atoms. The van der Waals surface area contributed by atoms with Crippen LogP contribution in [0.4, 0.5) is 0 Å². The topological polar surface area (TPSA) is 83.6 Å². The first-order valence-electron chi connectivity index (χ1n) is 7.09. The van der Waals surface area contributed by atoms with Gasteiger partial charge in [-0.25, -0.2) is 0 Å². The number of carbonyl (C=O) groups excluding carboxylic acids is 2. The molecule has 116 valence electrons. The summed E-state index contributed by atoms with van der Waals surface area (Å²) in [4.78, 5) is 28.2. The summed E-state index contributed by atoms with van der Waals surface area (Å²) in [5, 5.41) is 2.43. The van der Waals surface area contributed by atoms with E-state index >= 15 is 0 Å². The number of piperazine rings is 1. The van der Waals surface area contributed by atoms with Crippen LogP contribution in [0.3, 0.4) is 0 Å². The van der Waals surface area contributed by atoms with Crippen molar-refractivity contribution in [2.45, 2.75) is 6.04 Å². The van der Waals surface area contributed by atoms with Crippen LogP contribution in [0.1, 0.15) is 10.5 Å². The Morgan fingerprint density at radius 2 is 2.14 bits per heavy atom. The van der Waals surface area contributed by atoms with E-state index in [0.29, 0.717) is 12.2 Å². The van der Waals surface area contributed by atoms with E-state index in [1.165, 1.54) is 0 Å². The largest absolute Gasteiger partial charge is 0.347 e. The molecule has 0 aromatic carbocycles. The van der Waals surface area contributed by atoms with Crippen molar-refractivity contribution in [1.82, 2.24) is 19.7 Å². The molecule has 1 aromatic heterocycles. The molecule has 2 heterocycles. The lowest BCUT2D eigenvalue weighted by Crippen LogP contribution is -2.57. The Bertz CT molecular complexity index is 513. The molecule has 2 rings (SSSR count). The standard InChI is InChI=1S/C14H23N5O2/c1-17-6-7-19(11(8-15)9-17)10-13(20)16-14(21)12-4-3-5-18(12)2/h3-5,11H,6-10,15H2,1-2H3,(H,16,20,21). The fourth-order valence-electron chi connectivity index (χ4n) is 2.59. The number of nitrogens with two attached hydrogens (primary N) is 1. The molecule has 2 amide bonds. The highest BCUT2D eigenvalue weighted by atomic mass is 16.2. The van der Waals surface area contributed by atoms with Crippen molar-refractivity contribution in [1.29, 1.82) is 0 Å². The van der Waals surface area contributed by atoms with E-state index in [-0.39, 0.29) is 24.4 Å². The van der Waals surface area contributed by atoms with Gasteiger partial charge in [0.15, 0.2) is 0 Å². The molecule has 1 saturated heterocycles. The smallest absolute Gasteiger partial charge is 0.274 e. The van der Waals surface area contributed by atoms with Crippen LogP contribution in [0.15, 0.2) is 18.3 Å². The number of aryl methyl sites for hydroxylation is 1. The summed E-state index contributed by atoms with van der Waals surface area (Å²) in [5.41, 5.74) is 6.23. The monoisotopic (exact) mass is 293 g/mol. The lowest BCUT2D eigenvalue weighted by atomic mass is 10.1. The van der Waals surface area contributed by atoms with Crippen molar-refractivity contribution in [2.24, 2.45) is 12.8 Å². The van der Waals surface area contributed by atoms with Crippen molar-refractivity contribution in [2.75, 3.05) is 39.8 Å². The quantitative estimate of drug-likeness (QED) is 0.733. The maximum Gasteiger partial charge on any atom is 0.274 e. The van der Waals surface area contributed by atoms with Crippen LogP contribution in [0.25, 0.3) is 0 Å². The van der Waals surface area contributed by atoms with E-state index in [4.69, 9.17) is 5.73 Å². The summed E-state index contributed by atoms with van der Waals surface area (Å²) < 4.78 is 1.68. The van der Waals surface area contributed by atoms with Crippen LogP contribution in [0.5, 0.6) is 0 Å². The molecule has 21 heavy (non-hydrogen) atoms. The van der Waals surface area contributed by atoms with E-state index in [9.17, 15) is 9.59 Å². The first-order chi connectivity index (χ1) is 10.0. The van der Waals surface area contributed by atoms with Crippen LogP contribution < -0.4 is 11.1 Å². The number of amides is 2. The van der Waals surface area contributed by atoms with Gasteiger partial charge in [0.2, 0.25) is 5.91 Å². The van der Waals surface area contributed by atoms with E-state index in [0.717, 1.165) is 19.6 Å². The molecule has 1 aliphatic heterocycles. The minimum absolute atomic E-state index is 0.152. The minimum atomic E-state index is -0.370. The molecule has 0 aliphatic carbocycles. The van der Waals surface area contributed by atoms with Crippen LogP contribution >= 0.6 is 0 Å². The molecule has 0 radical (unpaired) electrons.